The summed E-state index contributed by atoms with van der Waals surface area (Å²) in [6.07, 6.45) is 0.180. The zero-order chi connectivity index (χ0) is 18.0. The van der Waals surface area contributed by atoms with E-state index in [2.05, 4.69) is 10.6 Å². The first-order chi connectivity index (χ1) is 11.9. The maximum atomic E-state index is 13.2. The molecular formula is C18H17F2N3O2. The molecule has 1 unspecified atom stereocenters. The number of rotatable bonds is 3. The largest absolute Gasteiger partial charge is 0.333 e. The van der Waals surface area contributed by atoms with Crippen molar-refractivity contribution in [2.24, 2.45) is 0 Å². The third kappa shape index (κ3) is 3.93. The van der Waals surface area contributed by atoms with Gasteiger partial charge in [-0.3, -0.25) is 4.79 Å². The van der Waals surface area contributed by atoms with Gasteiger partial charge >= 0.3 is 6.03 Å². The number of nitrogens with zero attached hydrogens (tertiary/aromatic N) is 1. The number of hydrogen-bond acceptors (Lipinski definition) is 2. The van der Waals surface area contributed by atoms with Crippen LogP contribution in [0.4, 0.5) is 25.0 Å². The first-order valence-electron chi connectivity index (χ1n) is 7.82. The summed E-state index contributed by atoms with van der Waals surface area (Å²) >= 11 is 0. The second-order valence-electron chi connectivity index (χ2n) is 5.97. The summed E-state index contributed by atoms with van der Waals surface area (Å²) < 4.78 is 26.0. The highest BCUT2D eigenvalue weighted by Crippen LogP contribution is 2.22. The van der Waals surface area contributed by atoms with Gasteiger partial charge in [-0.05, 0) is 31.2 Å². The van der Waals surface area contributed by atoms with Crippen LogP contribution in [0.3, 0.4) is 0 Å². The van der Waals surface area contributed by atoms with Gasteiger partial charge in [0.1, 0.15) is 0 Å². The van der Waals surface area contributed by atoms with Crippen LogP contribution < -0.4 is 15.5 Å². The average molecular weight is 345 g/mol. The van der Waals surface area contributed by atoms with E-state index in [1.54, 1.807) is 4.90 Å². The third-order valence-corrected chi connectivity index (χ3v) is 3.98. The van der Waals surface area contributed by atoms with E-state index in [9.17, 15) is 18.4 Å². The number of nitrogens with one attached hydrogen (secondary N) is 2. The molecule has 2 N–H and O–H groups in total. The summed E-state index contributed by atoms with van der Waals surface area (Å²) in [4.78, 5) is 25.8. The van der Waals surface area contributed by atoms with Crippen molar-refractivity contribution in [1.29, 1.82) is 0 Å². The molecular weight excluding hydrogens is 328 g/mol. The van der Waals surface area contributed by atoms with Crippen LogP contribution in [0, 0.1) is 18.6 Å². The Morgan fingerprint density at radius 2 is 1.84 bits per heavy atom. The van der Waals surface area contributed by atoms with E-state index in [1.165, 1.54) is 6.07 Å². The molecule has 3 amide bonds. The zero-order valence-electron chi connectivity index (χ0n) is 13.6. The van der Waals surface area contributed by atoms with Crippen LogP contribution in [0.25, 0.3) is 0 Å². The predicted octanol–water partition coefficient (Wildman–Crippen LogP) is 3.20. The summed E-state index contributed by atoms with van der Waals surface area (Å²) in [5.74, 6) is -2.11. The van der Waals surface area contributed by atoms with Gasteiger partial charge < -0.3 is 15.5 Å². The standard InChI is InChI=1S/C18H17F2N3O2/c1-11-2-5-14(6-3-11)23-10-13(9-17(23)24)22-18(25)21-12-4-7-15(19)16(20)8-12/h2-8,13H,9-10H2,1H3,(H2,21,22,25). The predicted molar refractivity (Wildman–Crippen MR) is 90.4 cm³/mol. The van der Waals surface area contributed by atoms with Gasteiger partial charge in [-0.15, -0.1) is 0 Å². The lowest BCUT2D eigenvalue weighted by molar-refractivity contribution is -0.117. The normalized spacial score (nSPS) is 16.8. The van der Waals surface area contributed by atoms with Gasteiger partial charge in [-0.2, -0.15) is 0 Å². The van der Waals surface area contributed by atoms with Gasteiger partial charge in [-0.25, -0.2) is 13.6 Å². The third-order valence-electron chi connectivity index (χ3n) is 3.98. The smallest absolute Gasteiger partial charge is 0.319 e. The lowest BCUT2D eigenvalue weighted by atomic mass is 10.2. The number of benzene rings is 2. The SMILES string of the molecule is Cc1ccc(N2CC(NC(=O)Nc3ccc(F)c(F)c3)CC2=O)cc1. The molecule has 0 aliphatic carbocycles. The van der Waals surface area contributed by atoms with E-state index in [-0.39, 0.29) is 24.1 Å². The van der Waals surface area contributed by atoms with Gasteiger partial charge in [0.2, 0.25) is 5.91 Å². The summed E-state index contributed by atoms with van der Waals surface area (Å²) in [6.45, 7) is 2.32. The number of amides is 3. The molecule has 1 atom stereocenters. The molecule has 1 aliphatic rings. The number of halogens is 2. The van der Waals surface area contributed by atoms with Crippen molar-refractivity contribution in [3.63, 3.8) is 0 Å². The molecule has 1 aliphatic heterocycles. The highest BCUT2D eigenvalue weighted by molar-refractivity contribution is 5.97. The van der Waals surface area contributed by atoms with Crippen LogP contribution in [-0.2, 0) is 4.79 Å². The molecule has 0 spiro atoms. The van der Waals surface area contributed by atoms with Crippen molar-refractivity contribution in [1.82, 2.24) is 5.32 Å². The number of anilines is 2. The Labute approximate surface area is 143 Å². The Kier molecular flexibility index (Phi) is 4.65. The fraction of sp³-hybridized carbons (Fsp3) is 0.222. The fourth-order valence-electron chi connectivity index (χ4n) is 2.70. The Hall–Kier alpha value is -2.96. The van der Waals surface area contributed by atoms with E-state index >= 15 is 0 Å². The van der Waals surface area contributed by atoms with Crippen LogP contribution in [0.15, 0.2) is 42.5 Å². The van der Waals surface area contributed by atoms with Crippen LogP contribution in [0.5, 0.6) is 0 Å². The molecule has 2 aromatic rings. The van der Waals surface area contributed by atoms with E-state index in [4.69, 9.17) is 0 Å². The Balaban J connectivity index is 1.60. The Morgan fingerprint density at radius 1 is 1.12 bits per heavy atom. The first kappa shape index (κ1) is 16.9. The second kappa shape index (κ2) is 6.88. The van der Waals surface area contributed by atoms with Gasteiger partial charge in [0.05, 0.1) is 6.04 Å². The molecule has 1 heterocycles. The van der Waals surface area contributed by atoms with Crippen LogP contribution in [0.2, 0.25) is 0 Å². The molecule has 3 rings (SSSR count). The molecule has 0 aromatic heterocycles. The highest BCUT2D eigenvalue weighted by atomic mass is 19.2. The van der Waals surface area contributed by atoms with Crippen molar-refractivity contribution in [2.45, 2.75) is 19.4 Å². The number of carbonyl (C=O) groups is 2. The molecule has 7 heteroatoms. The fourth-order valence-corrected chi connectivity index (χ4v) is 2.70. The van der Waals surface area contributed by atoms with Crippen LogP contribution in [0.1, 0.15) is 12.0 Å². The summed E-state index contributed by atoms with van der Waals surface area (Å²) in [6, 6.07) is 9.70. The topological polar surface area (TPSA) is 61.4 Å². The van der Waals surface area contributed by atoms with Crippen molar-refractivity contribution < 1.29 is 18.4 Å². The van der Waals surface area contributed by atoms with Crippen molar-refractivity contribution in [2.75, 3.05) is 16.8 Å². The lowest BCUT2D eigenvalue weighted by Crippen LogP contribution is -2.39. The van der Waals surface area contributed by atoms with Gasteiger partial charge in [0, 0.05) is 30.4 Å². The quantitative estimate of drug-likeness (QED) is 0.897. The lowest BCUT2D eigenvalue weighted by Gasteiger charge is -2.17. The molecule has 0 bridgehead atoms. The van der Waals surface area contributed by atoms with E-state index in [0.717, 1.165) is 23.4 Å². The first-order valence-corrected chi connectivity index (χ1v) is 7.82. The molecule has 2 aromatic carbocycles. The number of aryl methyl sites for hydroxylation is 1. The Morgan fingerprint density at radius 3 is 2.52 bits per heavy atom. The minimum Gasteiger partial charge on any atom is -0.333 e. The zero-order valence-corrected chi connectivity index (χ0v) is 13.6. The number of urea groups is 1. The summed E-state index contributed by atoms with van der Waals surface area (Å²) in [5, 5.41) is 5.10. The van der Waals surface area contributed by atoms with Crippen molar-refractivity contribution in [3.05, 3.63) is 59.7 Å². The number of hydrogen-bond donors (Lipinski definition) is 2. The molecule has 5 nitrogen and oxygen atoms in total. The Bertz CT molecular complexity index is 808. The molecule has 130 valence electrons. The minimum atomic E-state index is -1.04. The molecule has 0 saturated carbocycles. The maximum Gasteiger partial charge on any atom is 0.319 e. The average Bonchev–Trinajstić information content (AvgIpc) is 2.92. The van der Waals surface area contributed by atoms with E-state index < -0.39 is 17.7 Å². The van der Waals surface area contributed by atoms with Crippen molar-refractivity contribution >= 4 is 23.3 Å². The summed E-state index contributed by atoms with van der Waals surface area (Å²) in [7, 11) is 0. The van der Waals surface area contributed by atoms with E-state index in [1.807, 2.05) is 31.2 Å². The van der Waals surface area contributed by atoms with Crippen LogP contribution in [-0.4, -0.2) is 24.5 Å². The highest BCUT2D eigenvalue weighted by Gasteiger charge is 2.31. The van der Waals surface area contributed by atoms with Crippen LogP contribution >= 0.6 is 0 Å². The van der Waals surface area contributed by atoms with E-state index in [0.29, 0.717) is 6.54 Å². The molecule has 0 radical (unpaired) electrons. The van der Waals surface area contributed by atoms with Gasteiger partial charge in [0.25, 0.3) is 0 Å². The monoisotopic (exact) mass is 345 g/mol. The molecule has 25 heavy (non-hydrogen) atoms. The second-order valence-corrected chi connectivity index (χ2v) is 5.97. The van der Waals surface area contributed by atoms with Crippen molar-refractivity contribution in [3.8, 4) is 0 Å². The number of carbonyl (C=O) groups excluding carboxylic acids is 2. The molecule has 1 saturated heterocycles. The van der Waals surface area contributed by atoms with Gasteiger partial charge in [-0.1, -0.05) is 17.7 Å². The maximum absolute atomic E-state index is 13.2. The summed E-state index contributed by atoms with van der Waals surface area (Å²) in [5.41, 5.74) is 2.01. The molecule has 1 fully saturated rings. The minimum absolute atomic E-state index is 0.0815. The van der Waals surface area contributed by atoms with Gasteiger partial charge in [0.15, 0.2) is 11.6 Å².